The Morgan fingerprint density at radius 3 is 2.86 bits per heavy atom. The van der Waals surface area contributed by atoms with E-state index in [0.29, 0.717) is 0 Å². The summed E-state index contributed by atoms with van der Waals surface area (Å²) in [6, 6.07) is 2.88. The molecule has 0 aliphatic carbocycles. The highest BCUT2D eigenvalue weighted by Gasteiger charge is 2.08. The first-order chi connectivity index (χ1) is 6.75. The van der Waals surface area contributed by atoms with Crippen LogP contribution in [0.15, 0.2) is 35.1 Å². The fraction of sp³-hybridized carbons (Fsp3) is 0. The zero-order valence-electron chi connectivity index (χ0n) is 6.91. The average molecular weight is 197 g/mol. The first-order valence-electron chi connectivity index (χ1n) is 3.78. The van der Waals surface area contributed by atoms with Crippen LogP contribution in [0.3, 0.4) is 0 Å². The van der Waals surface area contributed by atoms with Crippen molar-refractivity contribution in [2.45, 2.75) is 0 Å². The van der Waals surface area contributed by atoms with Crippen LogP contribution >= 0.6 is 0 Å². The lowest BCUT2D eigenvalue weighted by Gasteiger charge is -2.01. The van der Waals surface area contributed by atoms with Crippen LogP contribution in [0.25, 0.3) is 0 Å². The van der Waals surface area contributed by atoms with Gasteiger partial charge in [-0.3, -0.25) is 0 Å². The Labute approximate surface area is 77.9 Å². The van der Waals surface area contributed by atoms with Gasteiger partial charge in [-0.25, -0.2) is 8.78 Å². The zero-order chi connectivity index (χ0) is 9.97. The van der Waals surface area contributed by atoms with Gasteiger partial charge in [0.25, 0.3) is 0 Å². The fourth-order valence-corrected chi connectivity index (χ4v) is 0.910. The summed E-state index contributed by atoms with van der Waals surface area (Å²) in [5, 5.41) is 0. The van der Waals surface area contributed by atoms with Crippen molar-refractivity contribution in [1.82, 2.24) is 4.98 Å². The Morgan fingerprint density at radius 2 is 2.14 bits per heavy atom. The van der Waals surface area contributed by atoms with Gasteiger partial charge < -0.3 is 9.15 Å². The Morgan fingerprint density at radius 1 is 1.29 bits per heavy atom. The summed E-state index contributed by atoms with van der Waals surface area (Å²) in [5.41, 5.74) is 0. The van der Waals surface area contributed by atoms with E-state index in [2.05, 4.69) is 4.98 Å². The molecule has 1 aromatic heterocycles. The molecule has 0 amide bonds. The number of hydrogen-bond acceptors (Lipinski definition) is 3. The molecule has 0 atom stereocenters. The molecule has 0 bridgehead atoms. The quantitative estimate of drug-likeness (QED) is 0.742. The molecule has 2 aromatic rings. The minimum absolute atomic E-state index is 0.130. The Bertz CT molecular complexity index is 428. The van der Waals surface area contributed by atoms with Crippen LogP contribution < -0.4 is 4.74 Å². The SMILES string of the molecule is Fc1ccc(F)c(Oc2ncco2)c1. The van der Waals surface area contributed by atoms with E-state index in [0.717, 1.165) is 18.2 Å². The molecule has 0 saturated carbocycles. The lowest BCUT2D eigenvalue weighted by Crippen LogP contribution is -1.89. The van der Waals surface area contributed by atoms with E-state index in [4.69, 9.17) is 9.15 Å². The molecular weight excluding hydrogens is 192 g/mol. The molecule has 1 aromatic carbocycles. The molecule has 0 aliphatic heterocycles. The van der Waals surface area contributed by atoms with Gasteiger partial charge in [0.2, 0.25) is 0 Å². The second-order valence-electron chi connectivity index (χ2n) is 2.47. The summed E-state index contributed by atoms with van der Waals surface area (Å²) >= 11 is 0. The second-order valence-corrected chi connectivity index (χ2v) is 2.47. The molecule has 3 nitrogen and oxygen atoms in total. The van der Waals surface area contributed by atoms with E-state index in [1.54, 1.807) is 0 Å². The van der Waals surface area contributed by atoms with Gasteiger partial charge in [0.15, 0.2) is 11.6 Å². The van der Waals surface area contributed by atoms with Crippen molar-refractivity contribution in [3.8, 4) is 11.8 Å². The molecule has 0 aliphatic rings. The van der Waals surface area contributed by atoms with Crippen LogP contribution in [0, 0.1) is 11.6 Å². The number of oxazole rings is 1. The molecule has 0 N–H and O–H groups in total. The largest absolute Gasteiger partial charge is 0.417 e. The first kappa shape index (κ1) is 8.68. The van der Waals surface area contributed by atoms with Crippen molar-refractivity contribution >= 4 is 0 Å². The highest BCUT2D eigenvalue weighted by Crippen LogP contribution is 2.23. The summed E-state index contributed by atoms with van der Waals surface area (Å²) in [5.74, 6) is -1.52. The molecule has 0 spiro atoms. The number of rotatable bonds is 2. The summed E-state index contributed by atoms with van der Waals surface area (Å²) in [6.45, 7) is 0. The first-order valence-corrected chi connectivity index (χ1v) is 3.78. The lowest BCUT2D eigenvalue weighted by atomic mass is 10.3. The molecule has 5 heteroatoms. The molecule has 1 heterocycles. The van der Waals surface area contributed by atoms with E-state index in [1.807, 2.05) is 0 Å². The number of aromatic nitrogens is 1. The number of benzene rings is 1. The maximum atomic E-state index is 13.0. The Hall–Kier alpha value is -1.91. The lowest BCUT2D eigenvalue weighted by molar-refractivity contribution is 0.316. The van der Waals surface area contributed by atoms with Crippen LogP contribution in [0.4, 0.5) is 8.78 Å². The van der Waals surface area contributed by atoms with Gasteiger partial charge in [0, 0.05) is 6.07 Å². The molecular formula is C9H5F2NO2. The van der Waals surface area contributed by atoms with E-state index in [9.17, 15) is 8.78 Å². The van der Waals surface area contributed by atoms with Gasteiger partial charge in [-0.1, -0.05) is 0 Å². The molecule has 0 unspecified atom stereocenters. The maximum Gasteiger partial charge on any atom is 0.399 e. The van der Waals surface area contributed by atoms with E-state index >= 15 is 0 Å². The second kappa shape index (κ2) is 3.45. The Kier molecular flexibility index (Phi) is 2.14. The normalized spacial score (nSPS) is 10.1. The average Bonchev–Trinajstić information content (AvgIpc) is 2.64. The summed E-state index contributed by atoms with van der Waals surface area (Å²) < 4.78 is 35.2. The van der Waals surface area contributed by atoms with Crippen LogP contribution in [0.1, 0.15) is 0 Å². The third-order valence-corrected chi connectivity index (χ3v) is 1.50. The van der Waals surface area contributed by atoms with Crippen LogP contribution in [-0.2, 0) is 0 Å². The van der Waals surface area contributed by atoms with Gasteiger partial charge in [-0.15, -0.1) is 0 Å². The molecule has 0 fully saturated rings. The van der Waals surface area contributed by atoms with Gasteiger partial charge in [-0.05, 0) is 12.1 Å². The number of ether oxygens (including phenoxy) is 1. The third kappa shape index (κ3) is 1.71. The highest BCUT2D eigenvalue weighted by atomic mass is 19.1. The van der Waals surface area contributed by atoms with Gasteiger partial charge in [-0.2, -0.15) is 4.98 Å². The van der Waals surface area contributed by atoms with Crippen molar-refractivity contribution < 1.29 is 17.9 Å². The summed E-state index contributed by atoms with van der Waals surface area (Å²) in [7, 11) is 0. The minimum atomic E-state index is -0.676. The monoisotopic (exact) mass is 197 g/mol. The van der Waals surface area contributed by atoms with Crippen LogP contribution in [0.2, 0.25) is 0 Å². The minimum Gasteiger partial charge on any atom is -0.417 e. The van der Waals surface area contributed by atoms with Crippen molar-refractivity contribution in [1.29, 1.82) is 0 Å². The van der Waals surface area contributed by atoms with Crippen molar-refractivity contribution in [3.63, 3.8) is 0 Å². The number of halogens is 2. The fourth-order valence-electron chi connectivity index (χ4n) is 0.910. The van der Waals surface area contributed by atoms with Gasteiger partial charge in [0.1, 0.15) is 12.1 Å². The zero-order valence-corrected chi connectivity index (χ0v) is 6.91. The molecule has 2 rings (SSSR count). The Balaban J connectivity index is 2.28. The molecule has 0 saturated heterocycles. The molecule has 72 valence electrons. The van der Waals surface area contributed by atoms with E-state index < -0.39 is 11.6 Å². The van der Waals surface area contributed by atoms with Gasteiger partial charge in [0.05, 0.1) is 6.20 Å². The van der Waals surface area contributed by atoms with E-state index in [1.165, 1.54) is 12.5 Å². The third-order valence-electron chi connectivity index (χ3n) is 1.50. The molecule has 0 radical (unpaired) electrons. The highest BCUT2D eigenvalue weighted by molar-refractivity contribution is 5.26. The standard InChI is InChI=1S/C9H5F2NO2/c10-6-1-2-7(11)8(5-6)14-9-12-3-4-13-9/h1-5H. The smallest absolute Gasteiger partial charge is 0.399 e. The topological polar surface area (TPSA) is 35.3 Å². The van der Waals surface area contributed by atoms with E-state index in [-0.39, 0.29) is 11.8 Å². The summed E-state index contributed by atoms with van der Waals surface area (Å²) in [4.78, 5) is 3.60. The number of nitrogens with zero attached hydrogens (tertiary/aromatic N) is 1. The maximum absolute atomic E-state index is 13.0. The predicted molar refractivity (Wildman–Crippen MR) is 42.9 cm³/mol. The van der Waals surface area contributed by atoms with Gasteiger partial charge >= 0.3 is 6.08 Å². The molecule has 14 heavy (non-hydrogen) atoms. The predicted octanol–water partition coefficient (Wildman–Crippen LogP) is 2.75. The van der Waals surface area contributed by atoms with Crippen molar-refractivity contribution in [3.05, 3.63) is 42.3 Å². The number of hydrogen-bond donors (Lipinski definition) is 0. The van der Waals surface area contributed by atoms with Crippen LogP contribution in [0.5, 0.6) is 11.8 Å². The summed E-state index contributed by atoms with van der Waals surface area (Å²) in [6.07, 6.45) is 2.48. The van der Waals surface area contributed by atoms with Crippen LogP contribution in [-0.4, -0.2) is 4.98 Å². The van der Waals surface area contributed by atoms with Crippen molar-refractivity contribution in [2.24, 2.45) is 0 Å². The van der Waals surface area contributed by atoms with Crippen molar-refractivity contribution in [2.75, 3.05) is 0 Å².